The minimum atomic E-state index is -0.754. The summed E-state index contributed by atoms with van der Waals surface area (Å²) in [5, 5.41) is 3.02. The monoisotopic (exact) mass is 876 g/mol. The molecule has 1 aliphatic heterocycles. The van der Waals surface area contributed by atoms with E-state index in [4.69, 9.17) is 44.8 Å². The summed E-state index contributed by atoms with van der Waals surface area (Å²) < 4.78 is 41.0. The number of thioether (sulfide) groups is 1. The Hall–Kier alpha value is -5.11. The molecule has 0 aliphatic carbocycles. The number of halogens is 1. The number of carbonyl (C=O) groups excluding carboxylic acids is 3. The number of nitrogens with zero attached hydrogens (tertiary/aromatic N) is 1. The van der Waals surface area contributed by atoms with E-state index in [0.29, 0.717) is 40.7 Å². The van der Waals surface area contributed by atoms with Gasteiger partial charge in [-0.25, -0.2) is 4.79 Å². The number of fused-ring (bicyclic) bond motifs is 1. The molecule has 2 amide bonds. The third kappa shape index (κ3) is 12.7. The predicted octanol–water partition coefficient (Wildman–Crippen LogP) is 10.1. The fraction of sp³-hybridized carbons (Fsp3) is 0.426. The molecule has 4 aromatic rings. The van der Waals surface area contributed by atoms with E-state index >= 15 is 0 Å². The number of anilines is 2. The van der Waals surface area contributed by atoms with Gasteiger partial charge in [-0.1, -0.05) is 23.7 Å². The van der Waals surface area contributed by atoms with Gasteiger partial charge in [0.1, 0.15) is 46.1 Å². The molecule has 14 heteroatoms. The zero-order valence-corrected chi connectivity index (χ0v) is 38.3. The fourth-order valence-corrected chi connectivity index (χ4v) is 7.91. The average molecular weight is 877 g/mol. The first-order valence-corrected chi connectivity index (χ1v) is 21.4. The molecular weight excluding hydrogens is 820 g/mol. The SMILES string of the molecule is CCOC(=O)C(Cc1ccc(OCC(=O)Nc2ccc(OCC3(C)CCc4c(C)c(OCOC)c(C)c(C)c4O3)cc2N(C)C(=O)OC(C)(C)C)cc1)Sc1ccc(Cl)cc1. The highest BCUT2D eigenvalue weighted by molar-refractivity contribution is 8.00. The maximum atomic E-state index is 13.3. The molecule has 0 fully saturated rings. The van der Waals surface area contributed by atoms with Crippen molar-refractivity contribution in [3.05, 3.63) is 99.6 Å². The molecular formula is C47H57ClN2O10S. The summed E-state index contributed by atoms with van der Waals surface area (Å²) in [5.74, 6) is 1.84. The minimum Gasteiger partial charge on any atom is -0.489 e. The molecule has 0 radical (unpaired) electrons. The number of esters is 1. The van der Waals surface area contributed by atoms with Crippen LogP contribution in [0.15, 0.2) is 71.6 Å². The standard InChI is InChI=1S/C47H57ClN2O10S/c1-11-55-44(52)40(61-36-19-14-33(48)15-20-36)24-32-12-16-34(17-13-32)56-26-41(51)49-38-21-18-35(25-39(38)50(9)45(53)60-46(5,6)7)57-27-47(8)23-22-37-31(4)42(58-28-54-10)29(2)30(3)43(37)59-47/h12-21,25,40H,11,22-24,26-28H2,1-10H3,(H,49,51). The van der Waals surface area contributed by atoms with Crippen molar-refractivity contribution in [1.29, 1.82) is 0 Å². The van der Waals surface area contributed by atoms with Gasteiger partial charge in [-0.2, -0.15) is 0 Å². The van der Waals surface area contributed by atoms with Gasteiger partial charge in [0.2, 0.25) is 0 Å². The zero-order chi connectivity index (χ0) is 44.5. The van der Waals surface area contributed by atoms with Gasteiger partial charge in [-0.15, -0.1) is 11.8 Å². The molecule has 12 nitrogen and oxygen atoms in total. The van der Waals surface area contributed by atoms with E-state index in [1.165, 1.54) is 16.7 Å². The van der Waals surface area contributed by atoms with Crippen LogP contribution in [0, 0.1) is 20.8 Å². The van der Waals surface area contributed by atoms with Crippen LogP contribution in [0.1, 0.15) is 68.9 Å². The minimum absolute atomic E-state index is 0.164. The van der Waals surface area contributed by atoms with E-state index in [1.54, 1.807) is 84.3 Å². The Bertz CT molecular complexity index is 2170. The van der Waals surface area contributed by atoms with Crippen LogP contribution in [0.4, 0.5) is 16.2 Å². The number of amides is 2. The molecule has 1 heterocycles. The Morgan fingerprint density at radius 3 is 2.28 bits per heavy atom. The van der Waals surface area contributed by atoms with Gasteiger partial charge in [0, 0.05) is 35.7 Å². The van der Waals surface area contributed by atoms with Gasteiger partial charge in [0.15, 0.2) is 13.4 Å². The zero-order valence-electron chi connectivity index (χ0n) is 36.7. The summed E-state index contributed by atoms with van der Waals surface area (Å²) in [4.78, 5) is 41.7. The predicted molar refractivity (Wildman–Crippen MR) is 239 cm³/mol. The lowest BCUT2D eigenvalue weighted by atomic mass is 9.87. The second kappa shape index (κ2) is 20.6. The van der Waals surface area contributed by atoms with Crippen molar-refractivity contribution in [2.24, 2.45) is 0 Å². The summed E-state index contributed by atoms with van der Waals surface area (Å²) in [5.41, 5.74) is 4.36. The number of hydrogen-bond donors (Lipinski definition) is 1. The van der Waals surface area contributed by atoms with Gasteiger partial charge < -0.3 is 38.5 Å². The van der Waals surface area contributed by atoms with Gasteiger partial charge in [0.05, 0.1) is 18.0 Å². The van der Waals surface area contributed by atoms with Crippen LogP contribution in [0.2, 0.25) is 5.02 Å². The van der Waals surface area contributed by atoms with E-state index < -0.39 is 28.5 Å². The van der Waals surface area contributed by atoms with Crippen LogP contribution < -0.4 is 29.2 Å². The van der Waals surface area contributed by atoms with Gasteiger partial charge in [-0.05, 0) is 145 Å². The van der Waals surface area contributed by atoms with E-state index in [9.17, 15) is 14.4 Å². The first-order chi connectivity index (χ1) is 28.9. The molecule has 0 saturated carbocycles. The fourth-order valence-electron chi connectivity index (χ4n) is 6.72. The van der Waals surface area contributed by atoms with Crippen molar-refractivity contribution in [2.45, 2.75) is 96.0 Å². The molecule has 0 spiro atoms. The highest BCUT2D eigenvalue weighted by atomic mass is 35.5. The third-order valence-corrected chi connectivity index (χ3v) is 11.5. The molecule has 0 bridgehead atoms. The van der Waals surface area contributed by atoms with E-state index in [-0.39, 0.29) is 32.6 Å². The number of hydrogen-bond acceptors (Lipinski definition) is 11. The number of carbonyl (C=O) groups is 3. The van der Waals surface area contributed by atoms with E-state index in [0.717, 1.165) is 50.6 Å². The summed E-state index contributed by atoms with van der Waals surface area (Å²) in [6, 6.07) is 19.6. The lowest BCUT2D eigenvalue weighted by Crippen LogP contribution is -2.42. The van der Waals surface area contributed by atoms with Crippen LogP contribution in [0.3, 0.4) is 0 Å². The molecule has 1 aliphatic rings. The average Bonchev–Trinajstić information content (AvgIpc) is 3.22. The summed E-state index contributed by atoms with van der Waals surface area (Å²) in [6.45, 7) is 15.6. The highest BCUT2D eigenvalue weighted by Crippen LogP contribution is 2.44. The lowest BCUT2D eigenvalue weighted by Gasteiger charge is -2.38. The first kappa shape index (κ1) is 46.9. The smallest absolute Gasteiger partial charge is 0.414 e. The maximum absolute atomic E-state index is 13.3. The van der Waals surface area contributed by atoms with Crippen molar-refractivity contribution < 1.29 is 47.5 Å². The number of nitrogens with one attached hydrogen (secondary N) is 1. The first-order valence-electron chi connectivity index (χ1n) is 20.2. The summed E-state index contributed by atoms with van der Waals surface area (Å²) in [7, 11) is 3.17. The lowest BCUT2D eigenvalue weighted by molar-refractivity contribution is -0.142. The Balaban J connectivity index is 1.26. The molecule has 1 N–H and O–H groups in total. The van der Waals surface area contributed by atoms with Crippen LogP contribution >= 0.6 is 23.4 Å². The van der Waals surface area contributed by atoms with Gasteiger partial charge in [-0.3, -0.25) is 14.5 Å². The Morgan fingerprint density at radius 1 is 0.934 bits per heavy atom. The second-order valence-corrected chi connectivity index (χ2v) is 17.8. The number of methoxy groups -OCH3 is 1. The van der Waals surface area contributed by atoms with Crippen molar-refractivity contribution >= 4 is 52.7 Å². The highest BCUT2D eigenvalue weighted by Gasteiger charge is 2.36. The van der Waals surface area contributed by atoms with E-state index in [2.05, 4.69) is 5.32 Å². The van der Waals surface area contributed by atoms with Crippen molar-refractivity contribution in [3.63, 3.8) is 0 Å². The van der Waals surface area contributed by atoms with Gasteiger partial charge in [0.25, 0.3) is 5.91 Å². The van der Waals surface area contributed by atoms with Crippen LogP contribution in [-0.4, -0.2) is 75.2 Å². The number of benzene rings is 4. The molecule has 4 aromatic carbocycles. The quantitative estimate of drug-likeness (QED) is 0.0618. The Morgan fingerprint density at radius 2 is 1.62 bits per heavy atom. The molecule has 328 valence electrons. The summed E-state index contributed by atoms with van der Waals surface area (Å²) >= 11 is 7.45. The molecule has 5 rings (SSSR count). The third-order valence-electron chi connectivity index (χ3n) is 10.1. The largest absolute Gasteiger partial charge is 0.489 e. The molecule has 0 saturated heterocycles. The molecule has 2 atom stereocenters. The summed E-state index contributed by atoms with van der Waals surface area (Å²) in [6.07, 6.45) is 1.29. The van der Waals surface area contributed by atoms with Crippen molar-refractivity contribution in [2.75, 3.05) is 51.0 Å². The number of ether oxygens (including phenoxy) is 7. The van der Waals surface area contributed by atoms with Crippen molar-refractivity contribution in [1.82, 2.24) is 0 Å². The number of rotatable bonds is 17. The van der Waals surface area contributed by atoms with Crippen molar-refractivity contribution in [3.8, 4) is 23.0 Å². The van der Waals surface area contributed by atoms with Gasteiger partial charge >= 0.3 is 12.1 Å². The topological polar surface area (TPSA) is 131 Å². The Kier molecular flexibility index (Phi) is 15.9. The van der Waals surface area contributed by atoms with Crippen LogP contribution in [0.5, 0.6) is 23.0 Å². The molecule has 61 heavy (non-hydrogen) atoms. The molecule has 2 unspecified atom stereocenters. The molecule has 0 aromatic heterocycles. The second-order valence-electron chi connectivity index (χ2n) is 16.1. The van der Waals surface area contributed by atoms with E-state index in [1.807, 2.05) is 52.0 Å². The Labute approximate surface area is 368 Å². The normalized spacial score (nSPS) is 15.1. The van der Waals surface area contributed by atoms with Crippen LogP contribution in [0.25, 0.3) is 0 Å². The van der Waals surface area contributed by atoms with Crippen LogP contribution in [-0.2, 0) is 36.6 Å². The maximum Gasteiger partial charge on any atom is 0.414 e.